The SMILES string of the molecule is CC(C)(C)OC(=O)NCc1ccsc1Br. The van der Waals surface area contributed by atoms with Crippen LogP contribution >= 0.6 is 27.3 Å². The number of hydrogen-bond donors (Lipinski definition) is 1. The third kappa shape index (κ3) is 4.66. The van der Waals surface area contributed by atoms with Gasteiger partial charge in [0.05, 0.1) is 3.79 Å². The number of carbonyl (C=O) groups is 1. The number of alkyl carbamates (subject to hydrolysis) is 1. The number of carbonyl (C=O) groups excluding carboxylic acids is 1. The highest BCUT2D eigenvalue weighted by Gasteiger charge is 2.15. The topological polar surface area (TPSA) is 38.3 Å². The highest BCUT2D eigenvalue weighted by molar-refractivity contribution is 9.11. The lowest BCUT2D eigenvalue weighted by Crippen LogP contribution is -2.32. The summed E-state index contributed by atoms with van der Waals surface area (Å²) in [5.41, 5.74) is 0.613. The van der Waals surface area contributed by atoms with E-state index >= 15 is 0 Å². The molecular formula is C10H14BrNO2S. The zero-order valence-corrected chi connectivity index (χ0v) is 11.4. The standard InChI is InChI=1S/C10H14BrNO2S/c1-10(2,3)14-9(13)12-6-7-4-5-15-8(7)11/h4-5H,6H2,1-3H3,(H,12,13). The number of ether oxygens (including phenoxy) is 1. The fraction of sp³-hybridized carbons (Fsp3) is 0.500. The lowest BCUT2D eigenvalue weighted by Gasteiger charge is -2.19. The first-order chi connectivity index (χ1) is 6.88. The van der Waals surface area contributed by atoms with Crippen LogP contribution in [0.15, 0.2) is 15.2 Å². The first kappa shape index (κ1) is 12.5. The molecule has 84 valence electrons. The average molecular weight is 292 g/mol. The summed E-state index contributed by atoms with van der Waals surface area (Å²) in [7, 11) is 0. The van der Waals surface area contributed by atoms with E-state index < -0.39 is 5.60 Å². The van der Waals surface area contributed by atoms with Gasteiger partial charge in [-0.2, -0.15) is 0 Å². The van der Waals surface area contributed by atoms with Crippen molar-refractivity contribution in [3.8, 4) is 0 Å². The second-order valence-electron chi connectivity index (χ2n) is 4.07. The van der Waals surface area contributed by atoms with Crippen LogP contribution in [0.3, 0.4) is 0 Å². The summed E-state index contributed by atoms with van der Waals surface area (Å²) in [5.74, 6) is 0. The summed E-state index contributed by atoms with van der Waals surface area (Å²) in [6.45, 7) is 6.01. The molecule has 1 aromatic rings. The van der Waals surface area contributed by atoms with Gasteiger partial charge in [0.15, 0.2) is 0 Å². The van der Waals surface area contributed by atoms with Crippen molar-refractivity contribution in [3.05, 3.63) is 20.8 Å². The molecule has 0 bridgehead atoms. The van der Waals surface area contributed by atoms with Crippen LogP contribution in [0.2, 0.25) is 0 Å². The predicted octanol–water partition coefficient (Wildman–Crippen LogP) is 3.54. The van der Waals surface area contributed by atoms with Crippen molar-refractivity contribution in [1.29, 1.82) is 0 Å². The molecule has 0 aliphatic carbocycles. The Bertz CT molecular complexity index is 343. The minimum Gasteiger partial charge on any atom is -0.444 e. The second-order valence-corrected chi connectivity index (χ2v) is 6.31. The predicted molar refractivity (Wildman–Crippen MR) is 65.1 cm³/mol. The summed E-state index contributed by atoms with van der Waals surface area (Å²) in [4.78, 5) is 11.3. The lowest BCUT2D eigenvalue weighted by atomic mass is 10.2. The van der Waals surface area contributed by atoms with Crippen LogP contribution in [-0.2, 0) is 11.3 Å². The number of rotatable bonds is 2. The molecule has 0 aliphatic rings. The first-order valence-corrected chi connectivity index (χ1v) is 6.24. The zero-order chi connectivity index (χ0) is 11.5. The molecule has 0 aromatic carbocycles. The molecule has 0 spiro atoms. The molecule has 0 saturated heterocycles. The van der Waals surface area contributed by atoms with E-state index in [1.165, 1.54) is 0 Å². The molecule has 1 amide bonds. The van der Waals surface area contributed by atoms with Crippen LogP contribution in [0.4, 0.5) is 4.79 Å². The van der Waals surface area contributed by atoms with E-state index in [2.05, 4.69) is 21.2 Å². The monoisotopic (exact) mass is 291 g/mol. The zero-order valence-electron chi connectivity index (χ0n) is 8.96. The second kappa shape index (κ2) is 4.99. The minimum atomic E-state index is -0.448. The van der Waals surface area contributed by atoms with Gasteiger partial charge in [0.1, 0.15) is 5.60 Å². The molecule has 5 heteroatoms. The van der Waals surface area contributed by atoms with E-state index in [1.54, 1.807) is 11.3 Å². The quantitative estimate of drug-likeness (QED) is 0.905. The summed E-state index contributed by atoms with van der Waals surface area (Å²) < 4.78 is 6.15. The Morgan fingerprint density at radius 1 is 1.60 bits per heavy atom. The van der Waals surface area contributed by atoms with Gasteiger partial charge in [0.25, 0.3) is 0 Å². The number of amides is 1. The Balaban J connectivity index is 2.38. The average Bonchev–Trinajstić information content (AvgIpc) is 2.44. The van der Waals surface area contributed by atoms with Crippen LogP contribution in [0.25, 0.3) is 0 Å². The van der Waals surface area contributed by atoms with Crippen molar-refractivity contribution in [2.75, 3.05) is 0 Å². The summed E-state index contributed by atoms with van der Waals surface area (Å²) in [6.07, 6.45) is -0.388. The highest BCUT2D eigenvalue weighted by Crippen LogP contribution is 2.23. The van der Waals surface area contributed by atoms with E-state index in [9.17, 15) is 4.79 Å². The molecule has 1 aromatic heterocycles. The molecular weight excluding hydrogens is 278 g/mol. The van der Waals surface area contributed by atoms with Gasteiger partial charge in [-0.1, -0.05) is 0 Å². The van der Waals surface area contributed by atoms with Crippen LogP contribution in [0.5, 0.6) is 0 Å². The highest BCUT2D eigenvalue weighted by atomic mass is 79.9. The first-order valence-electron chi connectivity index (χ1n) is 4.57. The normalized spacial score (nSPS) is 11.2. The Kier molecular flexibility index (Phi) is 4.16. The maximum absolute atomic E-state index is 11.3. The van der Waals surface area contributed by atoms with Crippen molar-refractivity contribution < 1.29 is 9.53 Å². The van der Waals surface area contributed by atoms with Crippen molar-refractivity contribution in [2.24, 2.45) is 0 Å². The number of halogens is 1. The van der Waals surface area contributed by atoms with Crippen molar-refractivity contribution in [2.45, 2.75) is 32.9 Å². The molecule has 0 unspecified atom stereocenters. The number of hydrogen-bond acceptors (Lipinski definition) is 3. The summed E-state index contributed by atoms with van der Waals surface area (Å²) in [6, 6.07) is 1.96. The minimum absolute atomic E-state index is 0.388. The van der Waals surface area contributed by atoms with Gasteiger partial charge < -0.3 is 10.1 Å². The molecule has 1 N–H and O–H groups in total. The molecule has 3 nitrogen and oxygen atoms in total. The van der Waals surface area contributed by atoms with Gasteiger partial charge in [0.2, 0.25) is 0 Å². The van der Waals surface area contributed by atoms with Gasteiger partial charge in [0, 0.05) is 6.54 Å². The van der Waals surface area contributed by atoms with Gasteiger partial charge in [-0.05, 0) is 53.7 Å². The molecule has 0 fully saturated rings. The van der Waals surface area contributed by atoms with Crippen molar-refractivity contribution in [1.82, 2.24) is 5.32 Å². The lowest BCUT2D eigenvalue weighted by molar-refractivity contribution is 0.0523. The largest absolute Gasteiger partial charge is 0.444 e. The smallest absolute Gasteiger partial charge is 0.407 e. The molecule has 1 rings (SSSR count). The Morgan fingerprint density at radius 3 is 2.73 bits per heavy atom. The molecule has 0 saturated carbocycles. The summed E-state index contributed by atoms with van der Waals surface area (Å²) in [5, 5.41) is 4.67. The van der Waals surface area contributed by atoms with Gasteiger partial charge >= 0.3 is 6.09 Å². The Hall–Kier alpha value is -0.550. The van der Waals surface area contributed by atoms with Gasteiger partial charge in [-0.25, -0.2) is 4.79 Å². The summed E-state index contributed by atoms with van der Waals surface area (Å²) >= 11 is 5.00. The molecule has 0 atom stereocenters. The molecule has 0 radical (unpaired) electrons. The van der Waals surface area contributed by atoms with E-state index in [-0.39, 0.29) is 6.09 Å². The van der Waals surface area contributed by atoms with Crippen LogP contribution in [-0.4, -0.2) is 11.7 Å². The fourth-order valence-corrected chi connectivity index (χ4v) is 2.17. The van der Waals surface area contributed by atoms with Crippen LogP contribution in [0.1, 0.15) is 26.3 Å². The molecule has 15 heavy (non-hydrogen) atoms. The third-order valence-electron chi connectivity index (χ3n) is 1.52. The van der Waals surface area contributed by atoms with E-state index in [4.69, 9.17) is 4.74 Å². The fourth-order valence-electron chi connectivity index (χ4n) is 0.927. The third-order valence-corrected chi connectivity index (χ3v) is 3.33. The maximum atomic E-state index is 11.3. The van der Waals surface area contributed by atoms with Crippen LogP contribution < -0.4 is 5.32 Å². The van der Waals surface area contributed by atoms with E-state index in [1.807, 2.05) is 32.2 Å². The maximum Gasteiger partial charge on any atom is 0.407 e. The Morgan fingerprint density at radius 2 is 2.27 bits per heavy atom. The van der Waals surface area contributed by atoms with Gasteiger partial charge in [-0.3, -0.25) is 0 Å². The van der Waals surface area contributed by atoms with Crippen molar-refractivity contribution in [3.63, 3.8) is 0 Å². The van der Waals surface area contributed by atoms with E-state index in [0.29, 0.717) is 6.54 Å². The molecule has 0 aliphatic heterocycles. The van der Waals surface area contributed by atoms with E-state index in [0.717, 1.165) is 9.35 Å². The number of thiophene rings is 1. The Labute approximate surface area is 102 Å². The van der Waals surface area contributed by atoms with Gasteiger partial charge in [-0.15, -0.1) is 11.3 Å². The van der Waals surface area contributed by atoms with Crippen LogP contribution in [0, 0.1) is 0 Å². The molecule has 1 heterocycles. The van der Waals surface area contributed by atoms with Crippen molar-refractivity contribution >= 4 is 33.4 Å². The number of nitrogens with one attached hydrogen (secondary N) is 1.